The Hall–Kier alpha value is -3.74. The summed E-state index contributed by atoms with van der Waals surface area (Å²) >= 11 is 6.52. The van der Waals surface area contributed by atoms with Crippen molar-refractivity contribution in [3.05, 3.63) is 82.3 Å². The van der Waals surface area contributed by atoms with Gasteiger partial charge in [0.15, 0.2) is 11.6 Å². The molecule has 260 valence electrons. The number of nitrogens with one attached hydrogen (secondary N) is 1. The second-order valence-corrected chi connectivity index (χ2v) is 16.4. The first-order chi connectivity index (χ1) is 23.6. The van der Waals surface area contributed by atoms with Gasteiger partial charge >= 0.3 is 5.91 Å². The maximum absolute atomic E-state index is 14.4. The number of allylic oxidation sites excluding steroid dienone is 1. The van der Waals surface area contributed by atoms with Crippen LogP contribution < -0.4 is 14.4 Å². The second kappa shape index (κ2) is 13.9. The molecule has 2 aromatic heterocycles. The molecule has 2 fully saturated rings. The van der Waals surface area contributed by atoms with E-state index in [-0.39, 0.29) is 29.0 Å². The Balaban J connectivity index is 1.32. The van der Waals surface area contributed by atoms with Crippen LogP contribution in [0.4, 0.5) is 5.82 Å². The molecule has 49 heavy (non-hydrogen) atoms. The van der Waals surface area contributed by atoms with Crippen LogP contribution >= 0.6 is 11.6 Å². The molecule has 2 saturated carbocycles. The molecule has 0 spiro atoms. The number of fused-ring (bicyclic) bond motifs is 5. The highest BCUT2D eigenvalue weighted by Gasteiger charge is 2.41. The number of hydrogen-bond acceptors (Lipinski definition) is 8. The SMILES string of the molecule is CO[C@H]1/C=C/C[C@H](C)CS(=O)(NC(=O)c2cnn(C)c2)=NC(=O)c2ccc3c(n2)N(Cc2ccc(Cl)cc2[C@H]2C[C@H]2CCO3)C[C@@H]2CC[C@H]21. The molecule has 2 aliphatic carbocycles. The maximum Gasteiger partial charge on any atom is 0.305 e. The Labute approximate surface area is 292 Å². The van der Waals surface area contributed by atoms with Crippen molar-refractivity contribution in [2.45, 2.75) is 57.6 Å². The van der Waals surface area contributed by atoms with Crippen LogP contribution in [0, 0.1) is 23.7 Å². The van der Waals surface area contributed by atoms with E-state index in [2.05, 4.69) is 43.4 Å². The predicted octanol–water partition coefficient (Wildman–Crippen LogP) is 5.95. The largest absolute Gasteiger partial charge is 0.490 e. The van der Waals surface area contributed by atoms with Crippen LogP contribution in [0.15, 0.2) is 59.2 Å². The van der Waals surface area contributed by atoms with Crippen LogP contribution in [-0.2, 0) is 28.2 Å². The van der Waals surface area contributed by atoms with Crippen LogP contribution in [-0.4, -0.2) is 62.9 Å². The third kappa shape index (κ3) is 7.41. The first kappa shape index (κ1) is 33.7. The van der Waals surface area contributed by atoms with Gasteiger partial charge in [-0.25, -0.2) is 9.19 Å². The molecular weight excluding hydrogens is 664 g/mol. The van der Waals surface area contributed by atoms with Gasteiger partial charge in [-0.15, -0.1) is 4.36 Å². The molecular formula is C36H43ClN6O5S. The smallest absolute Gasteiger partial charge is 0.305 e. The average molecular weight is 707 g/mol. The molecule has 4 heterocycles. The molecule has 11 nitrogen and oxygen atoms in total. The van der Waals surface area contributed by atoms with Crippen molar-refractivity contribution in [2.75, 3.05) is 30.9 Å². The lowest BCUT2D eigenvalue weighted by molar-refractivity contribution is 0.0133. The van der Waals surface area contributed by atoms with Gasteiger partial charge in [-0.1, -0.05) is 36.7 Å². The Kier molecular flexibility index (Phi) is 9.56. The van der Waals surface area contributed by atoms with E-state index in [0.29, 0.717) is 61.4 Å². The summed E-state index contributed by atoms with van der Waals surface area (Å²) in [5.74, 6) is 1.14. The zero-order valence-corrected chi connectivity index (χ0v) is 29.7. The lowest BCUT2D eigenvalue weighted by atomic mass is 9.70. The van der Waals surface area contributed by atoms with Crippen LogP contribution in [0.3, 0.4) is 0 Å². The minimum Gasteiger partial charge on any atom is -0.490 e. The number of aromatic nitrogens is 3. The third-order valence-corrected chi connectivity index (χ3v) is 12.6. The van der Waals surface area contributed by atoms with Gasteiger partial charge in [0, 0.05) is 38.5 Å². The summed E-state index contributed by atoms with van der Waals surface area (Å²) < 4.78 is 35.1. The van der Waals surface area contributed by atoms with E-state index in [4.69, 9.17) is 26.1 Å². The Morgan fingerprint density at radius 2 is 2.02 bits per heavy atom. The Morgan fingerprint density at radius 3 is 2.78 bits per heavy atom. The van der Waals surface area contributed by atoms with E-state index in [1.807, 2.05) is 13.0 Å². The van der Waals surface area contributed by atoms with Gasteiger partial charge in [0.2, 0.25) is 0 Å². The minimum absolute atomic E-state index is 0.0271. The first-order valence-electron chi connectivity index (χ1n) is 17.1. The maximum atomic E-state index is 14.4. The molecule has 7 atom stereocenters. The van der Waals surface area contributed by atoms with Gasteiger partial charge < -0.3 is 14.4 Å². The van der Waals surface area contributed by atoms with Crippen LogP contribution in [0.5, 0.6) is 5.75 Å². The van der Waals surface area contributed by atoms with Crippen LogP contribution in [0.2, 0.25) is 5.02 Å². The minimum atomic E-state index is -3.56. The Bertz CT molecular complexity index is 1900. The fraction of sp³-hybridized carbons (Fsp3) is 0.500. The van der Waals surface area contributed by atoms with Crippen molar-refractivity contribution >= 4 is 39.1 Å². The molecule has 4 aliphatic rings. The number of rotatable bonds is 3. The van der Waals surface area contributed by atoms with Crippen LogP contribution in [0.25, 0.3) is 0 Å². The molecule has 2 bridgehead atoms. The number of amides is 2. The standard InChI is InChI=1S/C36H43ClN6O5S/c1-22-5-4-6-32(47-3)28-10-8-24(28)19-43-20-25-7-9-27(37)16-30(25)29-15-23(29)13-14-48-33-12-11-31(39-34(33)43)36(45)41-49(46,21-22)40-35(44)26-17-38-42(2)18-26/h4,6-7,9,11-12,16-18,22-24,28-29,32H,5,8,10,13-15,19-21H2,1-3H3,(H,40,41,44,45,46)/b6-4+/t22-,23+,24-,28+,29-,32-,49?/m0/s1. The van der Waals surface area contributed by atoms with Gasteiger partial charge in [-0.3, -0.25) is 19.0 Å². The van der Waals surface area contributed by atoms with E-state index in [0.717, 1.165) is 30.7 Å². The third-order valence-electron chi connectivity index (χ3n) is 10.3. The number of anilines is 1. The molecule has 0 radical (unpaired) electrons. The fourth-order valence-electron chi connectivity index (χ4n) is 7.50. The van der Waals surface area contributed by atoms with Crippen molar-refractivity contribution in [1.29, 1.82) is 0 Å². The highest BCUT2D eigenvalue weighted by molar-refractivity contribution is 7.92. The van der Waals surface area contributed by atoms with Gasteiger partial charge in [0.05, 0.1) is 30.2 Å². The van der Waals surface area contributed by atoms with Crippen molar-refractivity contribution in [3.8, 4) is 5.75 Å². The van der Waals surface area contributed by atoms with E-state index in [9.17, 15) is 13.8 Å². The summed E-state index contributed by atoms with van der Waals surface area (Å²) in [6, 6.07) is 9.48. The van der Waals surface area contributed by atoms with Crippen molar-refractivity contribution in [1.82, 2.24) is 19.5 Å². The summed E-state index contributed by atoms with van der Waals surface area (Å²) in [7, 11) is -0.133. The number of benzene rings is 1. The zero-order valence-electron chi connectivity index (χ0n) is 28.1. The average Bonchev–Trinajstić information content (AvgIpc) is 3.69. The molecule has 2 aliphatic heterocycles. The van der Waals surface area contributed by atoms with Gasteiger partial charge in [-0.2, -0.15) is 5.10 Å². The summed E-state index contributed by atoms with van der Waals surface area (Å²) in [6.45, 7) is 3.69. The molecule has 1 N–H and O–H groups in total. The number of halogens is 1. The Morgan fingerprint density at radius 1 is 1.16 bits per heavy atom. The van der Waals surface area contributed by atoms with E-state index >= 15 is 0 Å². The number of carbonyl (C=O) groups excluding carboxylic acids is 2. The second-order valence-electron chi connectivity index (χ2n) is 14.0. The van der Waals surface area contributed by atoms with Crippen molar-refractivity contribution in [3.63, 3.8) is 0 Å². The summed E-state index contributed by atoms with van der Waals surface area (Å²) in [4.78, 5) is 34.2. The highest BCUT2D eigenvalue weighted by Crippen LogP contribution is 2.52. The number of methoxy groups -OCH3 is 1. The molecule has 3 aromatic rings. The van der Waals surface area contributed by atoms with Crippen molar-refractivity contribution in [2.24, 2.45) is 35.1 Å². The molecule has 2 amide bonds. The normalized spacial score (nSPS) is 30.5. The van der Waals surface area contributed by atoms with Gasteiger partial charge in [0.25, 0.3) is 5.91 Å². The van der Waals surface area contributed by atoms with E-state index in [1.54, 1.807) is 26.3 Å². The van der Waals surface area contributed by atoms with Gasteiger partial charge in [0.1, 0.15) is 15.6 Å². The lowest BCUT2D eigenvalue weighted by Crippen LogP contribution is -2.43. The lowest BCUT2D eigenvalue weighted by Gasteiger charge is -2.43. The monoisotopic (exact) mass is 706 g/mol. The quantitative estimate of drug-likeness (QED) is 0.331. The molecule has 7 rings (SSSR count). The first-order valence-corrected chi connectivity index (χ1v) is 19.1. The summed E-state index contributed by atoms with van der Waals surface area (Å²) in [5, 5.41) is 4.77. The summed E-state index contributed by atoms with van der Waals surface area (Å²) in [5.41, 5.74) is 2.69. The van der Waals surface area contributed by atoms with E-state index < -0.39 is 21.7 Å². The number of nitrogens with zero attached hydrogens (tertiary/aromatic N) is 5. The van der Waals surface area contributed by atoms with E-state index in [1.165, 1.54) is 28.2 Å². The number of aryl methyl sites for hydroxylation is 1. The highest BCUT2D eigenvalue weighted by atomic mass is 35.5. The molecule has 13 heteroatoms. The summed E-state index contributed by atoms with van der Waals surface area (Å²) in [6.07, 6.45) is 11.6. The van der Waals surface area contributed by atoms with Gasteiger partial charge in [-0.05, 0) is 97.1 Å². The van der Waals surface area contributed by atoms with Crippen LogP contribution in [0.1, 0.15) is 76.9 Å². The number of hydrogen-bond donors (Lipinski definition) is 1. The number of pyridine rings is 1. The number of carbonyl (C=O) groups is 2. The topological polar surface area (TPSA) is 128 Å². The predicted molar refractivity (Wildman–Crippen MR) is 188 cm³/mol. The zero-order chi connectivity index (χ0) is 34.3. The number of ether oxygens (including phenoxy) is 2. The molecule has 0 saturated heterocycles. The fourth-order valence-corrected chi connectivity index (χ4v) is 9.57. The molecule has 1 aromatic carbocycles. The van der Waals surface area contributed by atoms with Crippen molar-refractivity contribution < 1.29 is 23.3 Å². The molecule has 1 unspecified atom stereocenters.